The molecule has 0 spiro atoms. The molecule has 72 valence electrons. The molecule has 2 unspecified atom stereocenters. The largest absolute Gasteiger partial charge is 0.480 e. The van der Waals surface area contributed by atoms with Crippen LogP contribution in [-0.2, 0) is 4.79 Å². The lowest BCUT2D eigenvalue weighted by molar-refractivity contribution is -0.140. The molecule has 0 aliphatic carbocycles. The molecule has 2 N–H and O–H groups in total. The van der Waals surface area contributed by atoms with Crippen LogP contribution in [0.1, 0.15) is 33.6 Å². The van der Waals surface area contributed by atoms with Crippen LogP contribution < -0.4 is 5.32 Å². The molecule has 0 rings (SSSR count). The third kappa shape index (κ3) is 3.72. The monoisotopic (exact) mass is 173 g/mol. The molecule has 3 nitrogen and oxygen atoms in total. The van der Waals surface area contributed by atoms with E-state index in [1.54, 1.807) is 0 Å². The van der Waals surface area contributed by atoms with Crippen LogP contribution in [0.5, 0.6) is 0 Å². The first-order valence-electron chi connectivity index (χ1n) is 4.59. The minimum Gasteiger partial charge on any atom is -0.480 e. The first kappa shape index (κ1) is 11.4. The molecule has 0 aliphatic heterocycles. The Hall–Kier alpha value is -0.570. The van der Waals surface area contributed by atoms with Gasteiger partial charge in [0, 0.05) is 0 Å². The third-order valence-electron chi connectivity index (χ3n) is 2.09. The first-order chi connectivity index (χ1) is 5.63. The van der Waals surface area contributed by atoms with Gasteiger partial charge in [-0.15, -0.1) is 0 Å². The summed E-state index contributed by atoms with van der Waals surface area (Å²) in [5, 5.41) is 11.9. The number of carboxylic acid groups (broad SMARTS) is 1. The fourth-order valence-corrected chi connectivity index (χ4v) is 1.07. The molecule has 12 heavy (non-hydrogen) atoms. The van der Waals surface area contributed by atoms with E-state index < -0.39 is 5.97 Å². The average molecular weight is 173 g/mol. The Labute approximate surface area is 74.2 Å². The normalized spacial score (nSPS) is 15.6. The second kappa shape index (κ2) is 6.00. The van der Waals surface area contributed by atoms with Crippen LogP contribution >= 0.6 is 0 Å². The molecule has 0 aliphatic rings. The van der Waals surface area contributed by atoms with Crippen molar-refractivity contribution in [3.8, 4) is 0 Å². The minimum absolute atomic E-state index is 0.203. The van der Waals surface area contributed by atoms with Crippen molar-refractivity contribution in [2.45, 2.75) is 39.7 Å². The lowest BCUT2D eigenvalue weighted by Crippen LogP contribution is -2.41. The Balaban J connectivity index is 3.94. The van der Waals surface area contributed by atoms with Gasteiger partial charge in [0.25, 0.3) is 0 Å². The number of hydrogen-bond donors (Lipinski definition) is 2. The van der Waals surface area contributed by atoms with E-state index in [1.165, 1.54) is 0 Å². The van der Waals surface area contributed by atoms with Crippen molar-refractivity contribution in [2.75, 3.05) is 6.54 Å². The van der Waals surface area contributed by atoms with Crippen molar-refractivity contribution in [1.82, 2.24) is 5.32 Å². The van der Waals surface area contributed by atoms with E-state index in [2.05, 4.69) is 5.32 Å². The molecule has 3 heteroatoms. The lowest BCUT2D eigenvalue weighted by atomic mass is 9.99. The van der Waals surface area contributed by atoms with Crippen LogP contribution in [0.15, 0.2) is 0 Å². The molecule has 0 aromatic carbocycles. The summed E-state index contributed by atoms with van der Waals surface area (Å²) in [7, 11) is 0. The van der Waals surface area contributed by atoms with E-state index in [4.69, 9.17) is 5.11 Å². The van der Waals surface area contributed by atoms with E-state index in [-0.39, 0.29) is 12.0 Å². The lowest BCUT2D eigenvalue weighted by Gasteiger charge is -2.19. The van der Waals surface area contributed by atoms with Crippen molar-refractivity contribution in [3.63, 3.8) is 0 Å². The first-order valence-corrected chi connectivity index (χ1v) is 4.59. The van der Waals surface area contributed by atoms with Crippen molar-refractivity contribution >= 4 is 5.97 Å². The van der Waals surface area contributed by atoms with Crippen molar-refractivity contribution in [1.29, 1.82) is 0 Å². The van der Waals surface area contributed by atoms with E-state index >= 15 is 0 Å². The predicted molar refractivity (Wildman–Crippen MR) is 49.2 cm³/mol. The second-order valence-electron chi connectivity index (χ2n) is 3.16. The van der Waals surface area contributed by atoms with E-state index in [0.717, 1.165) is 19.4 Å². The molecule has 2 atom stereocenters. The highest BCUT2D eigenvalue weighted by Crippen LogP contribution is 2.07. The fourth-order valence-electron chi connectivity index (χ4n) is 1.07. The van der Waals surface area contributed by atoms with Gasteiger partial charge in [0.2, 0.25) is 0 Å². The van der Waals surface area contributed by atoms with Gasteiger partial charge in [-0.3, -0.25) is 4.79 Å². The molecule has 0 aromatic rings. The number of carboxylic acids is 1. The van der Waals surface area contributed by atoms with Crippen molar-refractivity contribution in [2.24, 2.45) is 5.92 Å². The van der Waals surface area contributed by atoms with Crippen LogP contribution in [-0.4, -0.2) is 23.7 Å². The Bertz CT molecular complexity index is 136. The van der Waals surface area contributed by atoms with Crippen molar-refractivity contribution in [3.05, 3.63) is 0 Å². The van der Waals surface area contributed by atoms with Gasteiger partial charge in [-0.05, 0) is 18.9 Å². The van der Waals surface area contributed by atoms with Gasteiger partial charge in [0.15, 0.2) is 0 Å². The summed E-state index contributed by atoms with van der Waals surface area (Å²) < 4.78 is 0. The summed E-state index contributed by atoms with van der Waals surface area (Å²) in [5.74, 6) is -0.535. The van der Waals surface area contributed by atoms with E-state index in [9.17, 15) is 4.79 Å². The Morgan fingerprint density at radius 1 is 1.50 bits per heavy atom. The number of hydrogen-bond acceptors (Lipinski definition) is 2. The van der Waals surface area contributed by atoms with Crippen LogP contribution in [0.2, 0.25) is 0 Å². The molecule has 0 heterocycles. The van der Waals surface area contributed by atoms with Crippen LogP contribution in [0, 0.1) is 5.92 Å². The van der Waals surface area contributed by atoms with Gasteiger partial charge >= 0.3 is 5.97 Å². The highest BCUT2D eigenvalue weighted by atomic mass is 16.4. The number of aliphatic carboxylic acids is 1. The van der Waals surface area contributed by atoms with Gasteiger partial charge in [-0.1, -0.05) is 27.2 Å². The van der Waals surface area contributed by atoms with Gasteiger partial charge in [0.05, 0.1) is 0 Å². The van der Waals surface area contributed by atoms with Crippen molar-refractivity contribution < 1.29 is 9.90 Å². The van der Waals surface area contributed by atoms with Crippen LogP contribution in [0.4, 0.5) is 0 Å². The Kier molecular flexibility index (Phi) is 5.72. The second-order valence-corrected chi connectivity index (χ2v) is 3.16. The standard InChI is InChI=1S/C9H19NO2/c1-4-6-10-8(9(11)12)7(3)5-2/h7-8,10H,4-6H2,1-3H3,(H,11,12). The maximum absolute atomic E-state index is 10.7. The SMILES string of the molecule is CCCNC(C(=O)O)C(C)CC. The Morgan fingerprint density at radius 3 is 2.42 bits per heavy atom. The average Bonchev–Trinajstić information content (AvgIpc) is 2.04. The van der Waals surface area contributed by atoms with Gasteiger partial charge in [0.1, 0.15) is 6.04 Å². The minimum atomic E-state index is -0.738. The summed E-state index contributed by atoms with van der Waals surface area (Å²) in [4.78, 5) is 10.7. The Morgan fingerprint density at radius 2 is 2.08 bits per heavy atom. The number of rotatable bonds is 6. The summed E-state index contributed by atoms with van der Waals surface area (Å²) in [6, 6.07) is -0.380. The molecule has 0 amide bonds. The predicted octanol–water partition coefficient (Wildman–Crippen LogP) is 1.49. The zero-order valence-corrected chi connectivity index (χ0v) is 8.13. The summed E-state index contributed by atoms with van der Waals surface area (Å²) in [6.07, 6.45) is 1.87. The smallest absolute Gasteiger partial charge is 0.320 e. The summed E-state index contributed by atoms with van der Waals surface area (Å²) >= 11 is 0. The zero-order chi connectivity index (χ0) is 9.56. The number of nitrogens with one attached hydrogen (secondary N) is 1. The van der Waals surface area contributed by atoms with Crippen LogP contribution in [0.25, 0.3) is 0 Å². The molecule has 0 radical (unpaired) electrons. The van der Waals surface area contributed by atoms with Gasteiger partial charge in [-0.25, -0.2) is 0 Å². The topological polar surface area (TPSA) is 49.3 Å². The molecular formula is C9H19NO2. The molecule has 0 aromatic heterocycles. The number of carbonyl (C=O) groups is 1. The molecular weight excluding hydrogens is 154 g/mol. The fraction of sp³-hybridized carbons (Fsp3) is 0.889. The molecule has 0 bridgehead atoms. The third-order valence-corrected chi connectivity index (χ3v) is 2.09. The molecule has 0 fully saturated rings. The summed E-state index contributed by atoms with van der Waals surface area (Å²) in [5.41, 5.74) is 0. The maximum Gasteiger partial charge on any atom is 0.320 e. The molecule has 0 saturated carbocycles. The maximum atomic E-state index is 10.7. The van der Waals surface area contributed by atoms with Gasteiger partial charge in [-0.2, -0.15) is 0 Å². The van der Waals surface area contributed by atoms with Gasteiger partial charge < -0.3 is 10.4 Å². The highest BCUT2D eigenvalue weighted by molar-refractivity contribution is 5.73. The highest BCUT2D eigenvalue weighted by Gasteiger charge is 2.21. The molecule has 0 saturated heterocycles. The van der Waals surface area contributed by atoms with E-state index in [1.807, 2.05) is 20.8 Å². The quantitative estimate of drug-likeness (QED) is 0.639. The van der Waals surface area contributed by atoms with E-state index in [0.29, 0.717) is 0 Å². The van der Waals surface area contributed by atoms with Crippen LogP contribution in [0.3, 0.4) is 0 Å². The zero-order valence-electron chi connectivity index (χ0n) is 8.13. The summed E-state index contributed by atoms with van der Waals surface area (Å²) in [6.45, 7) is 6.78.